The summed E-state index contributed by atoms with van der Waals surface area (Å²) in [6, 6.07) is 2.13. The van der Waals surface area contributed by atoms with Crippen LogP contribution >= 0.6 is 27.5 Å². The maximum atomic E-state index is 9.23. The summed E-state index contributed by atoms with van der Waals surface area (Å²) >= 11 is 9.25. The molecule has 0 amide bonds. The fourth-order valence-electron chi connectivity index (χ4n) is 2.14. The van der Waals surface area contributed by atoms with Crippen LogP contribution in [0.5, 0.6) is 0 Å². The molecule has 2 N–H and O–H groups in total. The van der Waals surface area contributed by atoms with Gasteiger partial charge in [0.05, 0.1) is 9.50 Å². The fourth-order valence-corrected chi connectivity index (χ4v) is 2.89. The molecule has 2 atom stereocenters. The van der Waals surface area contributed by atoms with Gasteiger partial charge in [0.2, 0.25) is 0 Å². The summed E-state index contributed by atoms with van der Waals surface area (Å²) in [5.74, 6) is 1.14. The fraction of sp³-hybridized carbons (Fsp3) is 0.545. The number of hydrogen-bond donors (Lipinski definition) is 2. The van der Waals surface area contributed by atoms with Crippen molar-refractivity contribution in [1.82, 2.24) is 4.98 Å². The molecule has 2 rings (SSSR count). The van der Waals surface area contributed by atoms with Gasteiger partial charge in [-0.1, -0.05) is 18.0 Å². The molecule has 0 aromatic carbocycles. The number of anilines is 1. The number of aliphatic hydroxyl groups excluding tert-OH is 1. The third-order valence-electron chi connectivity index (χ3n) is 3.02. The summed E-state index contributed by atoms with van der Waals surface area (Å²) in [7, 11) is 0. The van der Waals surface area contributed by atoms with Crippen LogP contribution in [0, 0.1) is 5.92 Å². The van der Waals surface area contributed by atoms with Gasteiger partial charge in [0, 0.05) is 24.8 Å². The zero-order chi connectivity index (χ0) is 11.5. The molecule has 5 heteroatoms. The monoisotopic (exact) mass is 304 g/mol. The molecule has 0 bridgehead atoms. The van der Waals surface area contributed by atoms with Crippen molar-refractivity contribution < 1.29 is 5.11 Å². The topological polar surface area (TPSA) is 45.1 Å². The van der Waals surface area contributed by atoms with Gasteiger partial charge >= 0.3 is 0 Å². The van der Waals surface area contributed by atoms with Crippen molar-refractivity contribution in [2.45, 2.75) is 25.3 Å². The number of hydrogen-bond acceptors (Lipinski definition) is 3. The first kappa shape index (κ1) is 12.1. The van der Waals surface area contributed by atoms with Gasteiger partial charge in [0.15, 0.2) is 0 Å². The molecule has 1 saturated carbocycles. The zero-order valence-corrected chi connectivity index (χ0v) is 11.1. The molecule has 2 unspecified atom stereocenters. The summed E-state index contributed by atoms with van der Waals surface area (Å²) in [4.78, 5) is 4.24. The van der Waals surface area contributed by atoms with E-state index in [2.05, 4.69) is 26.2 Å². The van der Waals surface area contributed by atoms with Crippen LogP contribution in [0.15, 0.2) is 16.7 Å². The van der Waals surface area contributed by atoms with Crippen LogP contribution < -0.4 is 5.32 Å². The van der Waals surface area contributed by atoms with Crippen LogP contribution in [0.4, 0.5) is 5.82 Å². The normalized spacial score (nSPS) is 24.7. The van der Waals surface area contributed by atoms with Crippen LogP contribution in [0.2, 0.25) is 5.02 Å². The summed E-state index contributed by atoms with van der Waals surface area (Å²) in [6.45, 7) is 0.239. The molecule has 1 heterocycles. The second-order valence-electron chi connectivity index (χ2n) is 4.11. The lowest BCUT2D eigenvalue weighted by atomic mass is 10.1. The first-order valence-corrected chi connectivity index (χ1v) is 6.56. The van der Waals surface area contributed by atoms with Gasteiger partial charge in [-0.2, -0.15) is 0 Å². The standard InChI is InChI=1S/C11H14BrClN2O/c12-9-4-8(13)5-14-11(9)15-10-3-1-2-7(10)6-16/h4-5,7,10,16H,1-3,6H2,(H,14,15). The van der Waals surface area contributed by atoms with E-state index < -0.39 is 0 Å². The average molecular weight is 306 g/mol. The lowest BCUT2D eigenvalue weighted by molar-refractivity contribution is 0.222. The molecule has 1 aromatic heterocycles. The molecule has 0 aliphatic heterocycles. The van der Waals surface area contributed by atoms with Crippen LogP contribution in [0.1, 0.15) is 19.3 Å². The van der Waals surface area contributed by atoms with E-state index in [9.17, 15) is 5.11 Å². The molecule has 0 radical (unpaired) electrons. The Kier molecular flexibility index (Phi) is 4.05. The number of nitrogens with one attached hydrogen (secondary N) is 1. The van der Waals surface area contributed by atoms with Gasteiger partial charge in [-0.25, -0.2) is 4.98 Å². The Morgan fingerprint density at radius 3 is 3.06 bits per heavy atom. The van der Waals surface area contributed by atoms with E-state index >= 15 is 0 Å². The Labute approximate surface area is 108 Å². The van der Waals surface area contributed by atoms with Gasteiger partial charge in [-0.05, 0) is 34.8 Å². The highest BCUT2D eigenvalue weighted by atomic mass is 79.9. The zero-order valence-electron chi connectivity index (χ0n) is 8.79. The van der Waals surface area contributed by atoms with Crippen LogP contribution in [-0.2, 0) is 0 Å². The van der Waals surface area contributed by atoms with Crippen LogP contribution in [0.25, 0.3) is 0 Å². The van der Waals surface area contributed by atoms with Crippen LogP contribution in [-0.4, -0.2) is 22.7 Å². The minimum Gasteiger partial charge on any atom is -0.396 e. The lowest BCUT2D eigenvalue weighted by Crippen LogP contribution is -2.26. The Balaban J connectivity index is 2.08. The highest BCUT2D eigenvalue weighted by Gasteiger charge is 2.27. The first-order valence-electron chi connectivity index (χ1n) is 5.39. The molecule has 0 saturated heterocycles. The third kappa shape index (κ3) is 2.67. The second kappa shape index (κ2) is 5.34. The molecule has 88 valence electrons. The van der Waals surface area contributed by atoms with Crippen molar-refractivity contribution in [3.8, 4) is 0 Å². The quantitative estimate of drug-likeness (QED) is 0.902. The van der Waals surface area contributed by atoms with Crippen molar-refractivity contribution in [2.75, 3.05) is 11.9 Å². The molecular formula is C11H14BrClN2O. The van der Waals surface area contributed by atoms with Gasteiger partial charge in [0.1, 0.15) is 5.82 Å². The Hall–Kier alpha value is -0.320. The van der Waals surface area contributed by atoms with Crippen LogP contribution in [0.3, 0.4) is 0 Å². The molecule has 1 aromatic rings. The van der Waals surface area contributed by atoms with E-state index in [4.69, 9.17) is 11.6 Å². The molecule has 3 nitrogen and oxygen atoms in total. The highest BCUT2D eigenvalue weighted by Crippen LogP contribution is 2.30. The number of aliphatic hydroxyl groups is 1. The molecule has 1 fully saturated rings. The van der Waals surface area contributed by atoms with Crippen molar-refractivity contribution in [3.63, 3.8) is 0 Å². The maximum absolute atomic E-state index is 9.23. The van der Waals surface area contributed by atoms with E-state index in [1.807, 2.05) is 6.07 Å². The van der Waals surface area contributed by atoms with Gasteiger partial charge in [-0.15, -0.1) is 0 Å². The number of aromatic nitrogens is 1. The Morgan fingerprint density at radius 1 is 1.56 bits per heavy atom. The summed E-state index contributed by atoms with van der Waals surface area (Å²) in [6.07, 6.45) is 4.95. The van der Waals surface area contributed by atoms with Crippen molar-refractivity contribution in [2.24, 2.45) is 5.92 Å². The lowest BCUT2D eigenvalue weighted by Gasteiger charge is -2.20. The number of pyridine rings is 1. The van der Waals surface area contributed by atoms with Crippen molar-refractivity contribution >= 4 is 33.3 Å². The third-order valence-corrected chi connectivity index (χ3v) is 3.83. The summed E-state index contributed by atoms with van der Waals surface area (Å²) in [5, 5.41) is 13.2. The van der Waals surface area contributed by atoms with E-state index in [0.717, 1.165) is 29.6 Å². The second-order valence-corrected chi connectivity index (χ2v) is 5.40. The summed E-state index contributed by atoms with van der Waals surface area (Å²) < 4.78 is 0.864. The minimum atomic E-state index is 0.239. The molecule has 1 aliphatic carbocycles. The number of halogens is 2. The van der Waals surface area contributed by atoms with E-state index in [-0.39, 0.29) is 6.61 Å². The van der Waals surface area contributed by atoms with Gasteiger partial charge < -0.3 is 10.4 Å². The molecule has 1 aliphatic rings. The van der Waals surface area contributed by atoms with Crippen molar-refractivity contribution in [3.05, 3.63) is 21.8 Å². The van der Waals surface area contributed by atoms with E-state index in [1.54, 1.807) is 6.20 Å². The predicted molar refractivity (Wildman–Crippen MR) is 68.8 cm³/mol. The highest BCUT2D eigenvalue weighted by molar-refractivity contribution is 9.10. The average Bonchev–Trinajstić information content (AvgIpc) is 2.69. The smallest absolute Gasteiger partial charge is 0.140 e. The minimum absolute atomic E-state index is 0.239. The maximum Gasteiger partial charge on any atom is 0.140 e. The first-order chi connectivity index (χ1) is 7.70. The van der Waals surface area contributed by atoms with Crippen molar-refractivity contribution in [1.29, 1.82) is 0 Å². The Morgan fingerprint density at radius 2 is 2.38 bits per heavy atom. The van der Waals surface area contributed by atoms with E-state index in [1.165, 1.54) is 0 Å². The Bertz CT molecular complexity index is 375. The summed E-state index contributed by atoms with van der Waals surface area (Å²) in [5.41, 5.74) is 0. The van der Waals surface area contributed by atoms with Gasteiger partial charge in [-0.3, -0.25) is 0 Å². The number of nitrogens with zero attached hydrogens (tertiary/aromatic N) is 1. The predicted octanol–water partition coefficient (Wildman–Crippen LogP) is 3.07. The SMILES string of the molecule is OCC1CCCC1Nc1ncc(Cl)cc1Br. The number of rotatable bonds is 3. The van der Waals surface area contributed by atoms with E-state index in [0.29, 0.717) is 17.0 Å². The molecule has 0 spiro atoms. The largest absolute Gasteiger partial charge is 0.396 e. The van der Waals surface area contributed by atoms with Gasteiger partial charge in [0.25, 0.3) is 0 Å². The molecule has 16 heavy (non-hydrogen) atoms. The molecular weight excluding hydrogens is 291 g/mol.